The predicted octanol–water partition coefficient (Wildman–Crippen LogP) is 3.70. The second-order valence-electron chi connectivity index (χ2n) is 5.83. The molecule has 0 heterocycles. The summed E-state index contributed by atoms with van der Waals surface area (Å²) in [5.74, 6) is -2.37. The van der Waals surface area contributed by atoms with Crippen molar-refractivity contribution in [2.24, 2.45) is 0 Å². The van der Waals surface area contributed by atoms with Gasteiger partial charge in [0.05, 0.1) is 12.3 Å². The van der Waals surface area contributed by atoms with Crippen LogP contribution in [-0.4, -0.2) is 31.2 Å². The van der Waals surface area contributed by atoms with Gasteiger partial charge in [-0.2, -0.15) is 0 Å². The lowest BCUT2D eigenvalue weighted by Gasteiger charge is -2.15. The van der Waals surface area contributed by atoms with Crippen molar-refractivity contribution in [2.45, 2.75) is 26.4 Å². The van der Waals surface area contributed by atoms with Gasteiger partial charge in [0.15, 0.2) is 24.2 Å². The number of ether oxygens (including phenoxy) is 3. The molecular formula is C20H21F2NO5. The number of esters is 1. The zero-order chi connectivity index (χ0) is 20.5. The van der Waals surface area contributed by atoms with E-state index in [2.05, 4.69) is 5.32 Å². The predicted molar refractivity (Wildman–Crippen MR) is 98.3 cm³/mol. The van der Waals surface area contributed by atoms with Gasteiger partial charge >= 0.3 is 5.97 Å². The third kappa shape index (κ3) is 6.22. The lowest BCUT2D eigenvalue weighted by molar-refractivity contribution is -0.155. The normalized spacial score (nSPS) is 11.4. The zero-order valence-corrected chi connectivity index (χ0v) is 15.5. The third-order valence-electron chi connectivity index (χ3n) is 3.52. The van der Waals surface area contributed by atoms with Crippen molar-refractivity contribution in [3.63, 3.8) is 0 Å². The van der Waals surface area contributed by atoms with Crippen LogP contribution in [0.5, 0.6) is 11.5 Å². The van der Waals surface area contributed by atoms with Crippen molar-refractivity contribution in [3.8, 4) is 11.5 Å². The van der Waals surface area contributed by atoms with E-state index in [1.165, 1.54) is 6.92 Å². The molecule has 2 aromatic rings. The molecule has 2 aromatic carbocycles. The summed E-state index contributed by atoms with van der Waals surface area (Å²) in [6, 6.07) is 9.58. The van der Waals surface area contributed by atoms with Gasteiger partial charge in [0.2, 0.25) is 0 Å². The van der Waals surface area contributed by atoms with E-state index in [4.69, 9.17) is 14.2 Å². The molecule has 1 N–H and O–H groups in total. The zero-order valence-electron chi connectivity index (χ0n) is 15.5. The molecule has 0 spiro atoms. The van der Waals surface area contributed by atoms with Crippen LogP contribution < -0.4 is 14.8 Å². The minimum Gasteiger partial charge on any atom is -0.490 e. The monoisotopic (exact) mass is 393 g/mol. The van der Waals surface area contributed by atoms with E-state index < -0.39 is 36.2 Å². The van der Waals surface area contributed by atoms with Gasteiger partial charge in [0.25, 0.3) is 5.91 Å². The largest absolute Gasteiger partial charge is 0.490 e. The van der Waals surface area contributed by atoms with E-state index in [1.807, 2.05) is 6.92 Å². The van der Waals surface area contributed by atoms with Gasteiger partial charge in [-0.3, -0.25) is 4.79 Å². The fourth-order valence-electron chi connectivity index (χ4n) is 2.15. The number of hydrogen-bond acceptors (Lipinski definition) is 5. The smallest absolute Gasteiger partial charge is 0.344 e. The average Bonchev–Trinajstić information content (AvgIpc) is 2.67. The summed E-state index contributed by atoms with van der Waals surface area (Å²) in [5.41, 5.74) is -0.215. The summed E-state index contributed by atoms with van der Waals surface area (Å²) in [6.45, 7) is 3.36. The van der Waals surface area contributed by atoms with E-state index in [-0.39, 0.29) is 5.69 Å². The van der Waals surface area contributed by atoms with E-state index in [1.54, 1.807) is 24.3 Å². The van der Waals surface area contributed by atoms with Crippen molar-refractivity contribution in [2.75, 3.05) is 18.5 Å². The molecule has 0 aliphatic carbocycles. The number of carbonyl (C=O) groups is 2. The lowest BCUT2D eigenvalue weighted by Crippen LogP contribution is -2.32. The minimum atomic E-state index is -1.20. The molecule has 1 amide bonds. The molecule has 0 radical (unpaired) electrons. The molecule has 0 aliphatic heterocycles. The highest BCUT2D eigenvalue weighted by Gasteiger charge is 2.20. The minimum absolute atomic E-state index is 0.215. The Kier molecular flexibility index (Phi) is 7.74. The highest BCUT2D eigenvalue weighted by molar-refractivity contribution is 5.95. The Labute approximate surface area is 161 Å². The van der Waals surface area contributed by atoms with Gasteiger partial charge in [0, 0.05) is 6.07 Å². The first-order valence-electron chi connectivity index (χ1n) is 8.70. The highest BCUT2D eigenvalue weighted by Crippen LogP contribution is 2.26. The van der Waals surface area contributed by atoms with Crippen LogP contribution in [-0.2, 0) is 14.3 Å². The van der Waals surface area contributed by atoms with Gasteiger partial charge in [-0.25, -0.2) is 13.6 Å². The third-order valence-corrected chi connectivity index (χ3v) is 3.52. The van der Waals surface area contributed by atoms with Gasteiger partial charge in [0.1, 0.15) is 11.6 Å². The van der Waals surface area contributed by atoms with Crippen molar-refractivity contribution in [3.05, 3.63) is 54.1 Å². The summed E-state index contributed by atoms with van der Waals surface area (Å²) in [7, 11) is 0. The SMILES string of the molecule is CCCOc1ccccc1OCC(=O)O[C@@H](C)C(=O)Nc1ccc(F)cc1F. The molecule has 0 saturated heterocycles. The molecule has 0 fully saturated rings. The summed E-state index contributed by atoms with van der Waals surface area (Å²) >= 11 is 0. The molecule has 1 atom stereocenters. The highest BCUT2D eigenvalue weighted by atomic mass is 19.1. The van der Waals surface area contributed by atoms with Gasteiger partial charge in [-0.1, -0.05) is 19.1 Å². The van der Waals surface area contributed by atoms with Crippen LogP contribution >= 0.6 is 0 Å². The van der Waals surface area contributed by atoms with Gasteiger partial charge in [-0.15, -0.1) is 0 Å². The molecule has 0 aromatic heterocycles. The van der Waals surface area contributed by atoms with E-state index in [0.717, 1.165) is 18.6 Å². The Morgan fingerprint density at radius 1 is 1.07 bits per heavy atom. The number of para-hydroxylation sites is 2. The second-order valence-corrected chi connectivity index (χ2v) is 5.83. The summed E-state index contributed by atoms with van der Waals surface area (Å²) in [6.07, 6.45) is -0.385. The van der Waals surface area contributed by atoms with Crippen molar-refractivity contribution < 1.29 is 32.6 Å². The molecule has 2 rings (SSSR count). The fraction of sp³-hybridized carbons (Fsp3) is 0.300. The Bertz CT molecular complexity index is 828. The maximum absolute atomic E-state index is 13.6. The number of benzene rings is 2. The van der Waals surface area contributed by atoms with E-state index in [0.29, 0.717) is 24.2 Å². The average molecular weight is 393 g/mol. The molecular weight excluding hydrogens is 372 g/mol. The molecule has 6 nitrogen and oxygen atoms in total. The van der Waals surface area contributed by atoms with Crippen LogP contribution in [0.1, 0.15) is 20.3 Å². The lowest BCUT2D eigenvalue weighted by atomic mass is 10.2. The first kappa shape index (κ1) is 21.1. The van der Waals surface area contributed by atoms with Crippen molar-refractivity contribution >= 4 is 17.6 Å². The van der Waals surface area contributed by atoms with Crippen molar-refractivity contribution in [1.29, 1.82) is 0 Å². The first-order valence-corrected chi connectivity index (χ1v) is 8.70. The van der Waals surface area contributed by atoms with Gasteiger partial charge in [-0.05, 0) is 37.6 Å². The Morgan fingerprint density at radius 3 is 2.39 bits per heavy atom. The topological polar surface area (TPSA) is 73.9 Å². The van der Waals surface area contributed by atoms with E-state index in [9.17, 15) is 18.4 Å². The Hall–Kier alpha value is -3.16. The number of rotatable bonds is 9. The number of hydrogen-bond donors (Lipinski definition) is 1. The number of nitrogens with one attached hydrogen (secondary N) is 1. The second kappa shape index (κ2) is 10.2. The molecule has 150 valence electrons. The molecule has 0 aliphatic rings. The molecule has 0 unspecified atom stereocenters. The molecule has 8 heteroatoms. The number of anilines is 1. The van der Waals surface area contributed by atoms with Crippen LogP contribution in [0.4, 0.5) is 14.5 Å². The molecule has 0 bridgehead atoms. The number of amides is 1. The quantitative estimate of drug-likeness (QED) is 0.658. The Balaban J connectivity index is 1.86. The van der Waals surface area contributed by atoms with Crippen molar-refractivity contribution in [1.82, 2.24) is 0 Å². The van der Waals surface area contributed by atoms with Crippen LogP contribution in [0, 0.1) is 11.6 Å². The first-order chi connectivity index (χ1) is 13.4. The van der Waals surface area contributed by atoms with Gasteiger partial charge < -0.3 is 19.5 Å². The molecule has 0 saturated carbocycles. The van der Waals surface area contributed by atoms with E-state index >= 15 is 0 Å². The summed E-state index contributed by atoms with van der Waals surface area (Å²) < 4.78 is 42.4. The van der Waals surface area contributed by atoms with Crippen LogP contribution in [0.3, 0.4) is 0 Å². The maximum atomic E-state index is 13.6. The van der Waals surface area contributed by atoms with Crippen LogP contribution in [0.15, 0.2) is 42.5 Å². The number of halogens is 2. The molecule has 28 heavy (non-hydrogen) atoms. The fourth-order valence-corrected chi connectivity index (χ4v) is 2.15. The number of carbonyl (C=O) groups excluding carboxylic acids is 2. The standard InChI is InChI=1S/C20H21F2NO5/c1-3-10-26-17-6-4-5-7-18(17)27-12-19(24)28-13(2)20(25)23-16-9-8-14(21)11-15(16)22/h4-9,11,13H,3,10,12H2,1-2H3,(H,23,25)/t13-/m0/s1. The van der Waals surface area contributed by atoms with Crippen LogP contribution in [0.25, 0.3) is 0 Å². The Morgan fingerprint density at radius 2 is 1.75 bits per heavy atom. The summed E-state index contributed by atoms with van der Waals surface area (Å²) in [5, 5.41) is 2.23. The maximum Gasteiger partial charge on any atom is 0.344 e. The summed E-state index contributed by atoms with van der Waals surface area (Å²) in [4.78, 5) is 24.0. The van der Waals surface area contributed by atoms with Crippen LogP contribution in [0.2, 0.25) is 0 Å².